The minimum absolute atomic E-state index is 0.133. The van der Waals surface area contributed by atoms with Gasteiger partial charge in [0.1, 0.15) is 0 Å². The van der Waals surface area contributed by atoms with E-state index in [9.17, 15) is 22.8 Å². The van der Waals surface area contributed by atoms with Crippen molar-refractivity contribution < 1.29 is 32.6 Å². The highest BCUT2D eigenvalue weighted by atomic mass is 35.5. The van der Waals surface area contributed by atoms with Crippen molar-refractivity contribution in [3.8, 4) is 0 Å². The van der Waals surface area contributed by atoms with Crippen LogP contribution in [0.4, 0.5) is 18.9 Å². The number of rotatable bonds is 5. The number of carbonyl (C=O) groups is 2. The molecule has 9 heteroatoms. The third-order valence-electron chi connectivity index (χ3n) is 3.57. The molecule has 2 aromatic carbocycles. The van der Waals surface area contributed by atoms with Crippen LogP contribution in [0.1, 0.15) is 28.4 Å². The molecule has 0 aliphatic rings. The fraction of sp³-hybridized carbons (Fsp3) is 0.222. The second-order valence-electron chi connectivity index (χ2n) is 5.58. The van der Waals surface area contributed by atoms with Crippen LogP contribution in [0.3, 0.4) is 0 Å². The highest BCUT2D eigenvalue weighted by Crippen LogP contribution is 2.36. The summed E-state index contributed by atoms with van der Waals surface area (Å²) in [7, 11) is 0. The molecule has 2 N–H and O–H groups in total. The molecule has 27 heavy (non-hydrogen) atoms. The van der Waals surface area contributed by atoms with E-state index >= 15 is 0 Å². The molecule has 0 unspecified atom stereocenters. The monoisotopic (exact) mass is 401 g/mol. The molecule has 0 spiro atoms. The molecular formula is C18H15ClF3NO4. The van der Waals surface area contributed by atoms with Crippen LogP contribution in [-0.2, 0) is 22.3 Å². The number of anilines is 1. The quantitative estimate of drug-likeness (QED) is 0.741. The Labute approximate surface area is 157 Å². The van der Waals surface area contributed by atoms with Gasteiger partial charge in [0.05, 0.1) is 23.4 Å². The predicted molar refractivity (Wildman–Crippen MR) is 92.3 cm³/mol. The van der Waals surface area contributed by atoms with Gasteiger partial charge in [0.15, 0.2) is 6.10 Å². The zero-order chi connectivity index (χ0) is 20.2. The Hall–Kier alpha value is -2.58. The summed E-state index contributed by atoms with van der Waals surface area (Å²) < 4.78 is 44.2. The maximum atomic E-state index is 13.1. The van der Waals surface area contributed by atoms with Gasteiger partial charge in [-0.1, -0.05) is 23.7 Å². The standard InChI is InChI=1S/C18H15ClF3NO4/c1-10(27-17(26)12-4-2-11(9-24)3-5-12)16(25)23-15-7-6-13(19)8-14(15)18(20,21)22/h2-8,10,24H,9H2,1H3,(H,23,25)/t10-/m0/s1. The molecule has 144 valence electrons. The Morgan fingerprint density at radius 2 is 1.81 bits per heavy atom. The molecule has 1 atom stereocenters. The molecule has 0 fully saturated rings. The van der Waals surface area contributed by atoms with Crippen LogP contribution in [0.5, 0.6) is 0 Å². The number of aliphatic hydroxyl groups excluding tert-OH is 1. The minimum atomic E-state index is -4.72. The summed E-state index contributed by atoms with van der Waals surface area (Å²) in [5.74, 6) is -1.75. The molecule has 2 rings (SSSR count). The molecular weight excluding hydrogens is 387 g/mol. The number of hydrogen-bond donors (Lipinski definition) is 2. The smallest absolute Gasteiger partial charge is 0.418 e. The number of alkyl halides is 3. The zero-order valence-corrected chi connectivity index (χ0v) is 14.8. The summed E-state index contributed by atoms with van der Waals surface area (Å²) in [6, 6.07) is 8.72. The van der Waals surface area contributed by atoms with E-state index in [4.69, 9.17) is 21.4 Å². The second-order valence-corrected chi connectivity index (χ2v) is 6.02. The van der Waals surface area contributed by atoms with E-state index < -0.39 is 35.4 Å². The molecule has 0 saturated heterocycles. The van der Waals surface area contributed by atoms with Crippen LogP contribution >= 0.6 is 11.6 Å². The van der Waals surface area contributed by atoms with Crippen molar-refractivity contribution in [1.29, 1.82) is 0 Å². The van der Waals surface area contributed by atoms with E-state index in [0.29, 0.717) is 11.6 Å². The van der Waals surface area contributed by atoms with E-state index in [-0.39, 0.29) is 17.2 Å². The van der Waals surface area contributed by atoms with Gasteiger partial charge in [0.2, 0.25) is 0 Å². The molecule has 0 heterocycles. The Kier molecular flexibility index (Phi) is 6.45. The topological polar surface area (TPSA) is 75.6 Å². The van der Waals surface area contributed by atoms with Crippen molar-refractivity contribution in [1.82, 2.24) is 0 Å². The van der Waals surface area contributed by atoms with E-state index in [2.05, 4.69) is 5.32 Å². The third-order valence-corrected chi connectivity index (χ3v) is 3.81. The highest BCUT2D eigenvalue weighted by Gasteiger charge is 2.34. The highest BCUT2D eigenvalue weighted by molar-refractivity contribution is 6.30. The van der Waals surface area contributed by atoms with E-state index in [1.54, 1.807) is 0 Å². The Bertz CT molecular complexity index is 837. The molecule has 0 radical (unpaired) electrons. The first-order chi connectivity index (χ1) is 12.6. The number of benzene rings is 2. The number of esters is 1. The average Bonchev–Trinajstić information content (AvgIpc) is 2.62. The predicted octanol–water partition coefficient (Wildman–Crippen LogP) is 4.04. The second kappa shape index (κ2) is 8.41. The molecule has 0 aliphatic carbocycles. The van der Waals surface area contributed by atoms with Gasteiger partial charge in [-0.05, 0) is 42.8 Å². The van der Waals surface area contributed by atoms with E-state index in [0.717, 1.165) is 6.07 Å². The fourth-order valence-electron chi connectivity index (χ4n) is 2.12. The summed E-state index contributed by atoms with van der Waals surface area (Å²) in [5.41, 5.74) is -0.886. The van der Waals surface area contributed by atoms with Gasteiger partial charge in [-0.3, -0.25) is 4.79 Å². The molecule has 0 aromatic heterocycles. The SMILES string of the molecule is C[C@H](OC(=O)c1ccc(CO)cc1)C(=O)Nc1ccc(Cl)cc1C(F)(F)F. The van der Waals surface area contributed by atoms with Crippen LogP contribution in [-0.4, -0.2) is 23.1 Å². The molecule has 1 amide bonds. The van der Waals surface area contributed by atoms with Crippen LogP contribution in [0.15, 0.2) is 42.5 Å². The number of ether oxygens (including phenoxy) is 1. The number of halogens is 4. The van der Waals surface area contributed by atoms with Crippen LogP contribution in [0, 0.1) is 0 Å². The number of aliphatic hydroxyl groups is 1. The van der Waals surface area contributed by atoms with Gasteiger partial charge in [-0.25, -0.2) is 4.79 Å². The Morgan fingerprint density at radius 1 is 1.19 bits per heavy atom. The summed E-state index contributed by atoms with van der Waals surface area (Å²) in [6.45, 7) is 1.04. The van der Waals surface area contributed by atoms with Gasteiger partial charge < -0.3 is 15.2 Å². The lowest BCUT2D eigenvalue weighted by molar-refractivity contribution is -0.137. The molecule has 0 aliphatic heterocycles. The van der Waals surface area contributed by atoms with Crippen molar-refractivity contribution in [2.45, 2.75) is 25.8 Å². The first-order valence-electron chi connectivity index (χ1n) is 7.70. The lowest BCUT2D eigenvalue weighted by Crippen LogP contribution is -2.30. The van der Waals surface area contributed by atoms with Crippen molar-refractivity contribution in [2.24, 2.45) is 0 Å². The maximum Gasteiger partial charge on any atom is 0.418 e. The van der Waals surface area contributed by atoms with Gasteiger partial charge in [0.25, 0.3) is 5.91 Å². The summed E-state index contributed by atoms with van der Waals surface area (Å²) >= 11 is 5.58. The molecule has 2 aromatic rings. The Morgan fingerprint density at radius 3 is 2.37 bits per heavy atom. The van der Waals surface area contributed by atoms with Crippen LogP contribution < -0.4 is 5.32 Å². The lowest BCUT2D eigenvalue weighted by atomic mass is 10.1. The zero-order valence-electron chi connectivity index (χ0n) is 14.0. The van der Waals surface area contributed by atoms with Crippen molar-refractivity contribution in [3.05, 3.63) is 64.2 Å². The van der Waals surface area contributed by atoms with Gasteiger partial charge >= 0.3 is 12.1 Å². The summed E-state index contributed by atoms with van der Waals surface area (Å²) in [5, 5.41) is 10.9. The largest absolute Gasteiger partial charge is 0.449 e. The number of amides is 1. The van der Waals surface area contributed by atoms with Crippen molar-refractivity contribution in [2.75, 3.05) is 5.32 Å². The normalized spacial score (nSPS) is 12.4. The van der Waals surface area contributed by atoms with Gasteiger partial charge in [0, 0.05) is 5.02 Å². The number of nitrogens with one attached hydrogen (secondary N) is 1. The van der Waals surface area contributed by atoms with E-state index in [1.807, 2.05) is 0 Å². The van der Waals surface area contributed by atoms with Gasteiger partial charge in [-0.15, -0.1) is 0 Å². The lowest BCUT2D eigenvalue weighted by Gasteiger charge is -2.17. The molecule has 0 saturated carbocycles. The fourth-order valence-corrected chi connectivity index (χ4v) is 2.29. The van der Waals surface area contributed by atoms with Gasteiger partial charge in [-0.2, -0.15) is 13.2 Å². The maximum absolute atomic E-state index is 13.1. The third kappa shape index (κ3) is 5.45. The average molecular weight is 402 g/mol. The first-order valence-corrected chi connectivity index (χ1v) is 8.08. The van der Waals surface area contributed by atoms with Crippen LogP contribution in [0.2, 0.25) is 5.02 Å². The minimum Gasteiger partial charge on any atom is -0.449 e. The summed E-state index contributed by atoms with van der Waals surface area (Å²) in [6.07, 6.45) is -6.06. The molecule has 0 bridgehead atoms. The van der Waals surface area contributed by atoms with Crippen molar-refractivity contribution in [3.63, 3.8) is 0 Å². The van der Waals surface area contributed by atoms with Crippen LogP contribution in [0.25, 0.3) is 0 Å². The number of carbonyl (C=O) groups excluding carboxylic acids is 2. The van der Waals surface area contributed by atoms with E-state index in [1.165, 1.54) is 37.3 Å². The summed E-state index contributed by atoms with van der Waals surface area (Å²) in [4.78, 5) is 24.1. The van der Waals surface area contributed by atoms with Crippen molar-refractivity contribution >= 4 is 29.2 Å². The first kappa shape index (κ1) is 20.7. The molecule has 5 nitrogen and oxygen atoms in total. The number of hydrogen-bond acceptors (Lipinski definition) is 4. The Balaban J connectivity index is 2.08.